The fraction of sp³-hybridized carbons (Fsp3) is 0.235. The molecule has 0 spiro atoms. The molecule has 4 nitrogen and oxygen atoms in total. The van der Waals surface area contributed by atoms with Crippen LogP contribution in [0.2, 0.25) is 0 Å². The smallest absolute Gasteiger partial charge is 0.338 e. The minimum absolute atomic E-state index is 0.337. The SMILES string of the molecule is CCOC(=O)c1ccc(N)c(N(C)c2cccc(C)c2)c1. The van der Waals surface area contributed by atoms with Crippen LogP contribution in [0.5, 0.6) is 0 Å². The Morgan fingerprint density at radius 1 is 1.24 bits per heavy atom. The van der Waals surface area contributed by atoms with Crippen LogP contribution in [0, 0.1) is 6.92 Å². The standard InChI is InChI=1S/C17H20N2O2/c1-4-21-17(20)13-8-9-15(18)16(11-13)19(3)14-7-5-6-12(2)10-14/h5-11H,4,18H2,1-3H3. The van der Waals surface area contributed by atoms with Crippen LogP contribution in [0.3, 0.4) is 0 Å². The molecule has 0 fully saturated rings. The molecular weight excluding hydrogens is 264 g/mol. The predicted molar refractivity (Wildman–Crippen MR) is 86.1 cm³/mol. The molecule has 0 radical (unpaired) electrons. The fourth-order valence-corrected chi connectivity index (χ4v) is 2.15. The third-order valence-electron chi connectivity index (χ3n) is 3.29. The zero-order chi connectivity index (χ0) is 15.4. The second-order valence-electron chi connectivity index (χ2n) is 4.89. The summed E-state index contributed by atoms with van der Waals surface area (Å²) >= 11 is 0. The summed E-state index contributed by atoms with van der Waals surface area (Å²) in [6, 6.07) is 13.3. The van der Waals surface area contributed by atoms with E-state index in [0.717, 1.165) is 11.4 Å². The molecule has 2 aromatic carbocycles. The highest BCUT2D eigenvalue weighted by Gasteiger charge is 2.13. The molecule has 0 unspecified atom stereocenters. The van der Waals surface area contributed by atoms with Crippen molar-refractivity contribution in [3.63, 3.8) is 0 Å². The Hall–Kier alpha value is -2.49. The first-order chi connectivity index (χ1) is 10.0. The summed E-state index contributed by atoms with van der Waals surface area (Å²) in [5.41, 5.74) is 10.1. The number of aryl methyl sites for hydroxylation is 1. The van der Waals surface area contributed by atoms with Crippen molar-refractivity contribution in [2.75, 3.05) is 24.3 Å². The van der Waals surface area contributed by atoms with Crippen LogP contribution in [0.1, 0.15) is 22.8 Å². The van der Waals surface area contributed by atoms with Crippen molar-refractivity contribution >= 4 is 23.0 Å². The van der Waals surface area contributed by atoms with E-state index in [1.807, 2.05) is 37.1 Å². The molecule has 0 bridgehead atoms. The number of hydrogen-bond donors (Lipinski definition) is 1. The maximum Gasteiger partial charge on any atom is 0.338 e. The average molecular weight is 284 g/mol. The van der Waals surface area contributed by atoms with Gasteiger partial charge >= 0.3 is 5.97 Å². The number of rotatable bonds is 4. The van der Waals surface area contributed by atoms with Crippen molar-refractivity contribution in [1.82, 2.24) is 0 Å². The van der Waals surface area contributed by atoms with Gasteiger partial charge < -0.3 is 15.4 Å². The number of nitrogens with zero attached hydrogens (tertiary/aromatic N) is 1. The van der Waals surface area contributed by atoms with Crippen molar-refractivity contribution in [3.8, 4) is 0 Å². The summed E-state index contributed by atoms with van der Waals surface area (Å²) in [7, 11) is 1.93. The summed E-state index contributed by atoms with van der Waals surface area (Å²) in [6.07, 6.45) is 0. The zero-order valence-electron chi connectivity index (χ0n) is 12.6. The van der Waals surface area contributed by atoms with Crippen molar-refractivity contribution in [1.29, 1.82) is 0 Å². The van der Waals surface area contributed by atoms with Gasteiger partial charge in [0.2, 0.25) is 0 Å². The van der Waals surface area contributed by atoms with Gasteiger partial charge in [0, 0.05) is 12.7 Å². The van der Waals surface area contributed by atoms with E-state index in [0.29, 0.717) is 17.9 Å². The third-order valence-corrected chi connectivity index (χ3v) is 3.29. The second-order valence-corrected chi connectivity index (χ2v) is 4.89. The summed E-state index contributed by atoms with van der Waals surface area (Å²) in [5, 5.41) is 0. The highest BCUT2D eigenvalue weighted by Crippen LogP contribution is 2.30. The Morgan fingerprint density at radius 2 is 2.00 bits per heavy atom. The highest BCUT2D eigenvalue weighted by atomic mass is 16.5. The highest BCUT2D eigenvalue weighted by molar-refractivity contribution is 5.92. The number of nitrogens with two attached hydrogens (primary N) is 1. The minimum Gasteiger partial charge on any atom is -0.462 e. The molecule has 0 aliphatic heterocycles. The van der Waals surface area contributed by atoms with Gasteiger partial charge in [-0.05, 0) is 49.7 Å². The molecule has 0 saturated carbocycles. The fourth-order valence-electron chi connectivity index (χ4n) is 2.15. The molecule has 0 saturated heterocycles. The van der Waals surface area contributed by atoms with E-state index in [1.165, 1.54) is 5.56 Å². The lowest BCUT2D eigenvalue weighted by Gasteiger charge is -2.22. The maximum absolute atomic E-state index is 11.8. The van der Waals surface area contributed by atoms with Gasteiger partial charge in [0.25, 0.3) is 0 Å². The van der Waals surface area contributed by atoms with Gasteiger partial charge in [0.1, 0.15) is 0 Å². The monoisotopic (exact) mass is 284 g/mol. The summed E-state index contributed by atoms with van der Waals surface area (Å²) in [6.45, 7) is 4.18. The molecule has 110 valence electrons. The average Bonchev–Trinajstić information content (AvgIpc) is 2.47. The molecule has 4 heteroatoms. The van der Waals surface area contributed by atoms with Gasteiger partial charge in [-0.2, -0.15) is 0 Å². The first kappa shape index (κ1) is 14.9. The molecule has 0 aromatic heterocycles. The van der Waals surface area contributed by atoms with Crippen LogP contribution in [0.15, 0.2) is 42.5 Å². The Balaban J connectivity index is 2.38. The van der Waals surface area contributed by atoms with Crippen molar-refractivity contribution in [3.05, 3.63) is 53.6 Å². The lowest BCUT2D eigenvalue weighted by Crippen LogP contribution is -2.13. The van der Waals surface area contributed by atoms with Crippen LogP contribution < -0.4 is 10.6 Å². The zero-order valence-corrected chi connectivity index (χ0v) is 12.6. The molecule has 0 aliphatic carbocycles. The second kappa shape index (κ2) is 6.31. The van der Waals surface area contributed by atoms with E-state index < -0.39 is 0 Å². The molecule has 0 atom stereocenters. The Labute approximate surface area is 125 Å². The van der Waals surface area contributed by atoms with Crippen LogP contribution >= 0.6 is 0 Å². The summed E-state index contributed by atoms with van der Waals surface area (Å²) in [5.74, 6) is -0.337. The molecule has 21 heavy (non-hydrogen) atoms. The molecule has 2 aromatic rings. The Bertz CT molecular complexity index is 653. The number of carbonyl (C=O) groups is 1. The van der Waals surface area contributed by atoms with E-state index >= 15 is 0 Å². The van der Waals surface area contributed by atoms with E-state index in [9.17, 15) is 4.79 Å². The van der Waals surface area contributed by atoms with E-state index in [2.05, 4.69) is 6.07 Å². The molecular formula is C17H20N2O2. The third kappa shape index (κ3) is 3.34. The van der Waals surface area contributed by atoms with Gasteiger partial charge in [0.15, 0.2) is 0 Å². The molecule has 0 heterocycles. The van der Waals surface area contributed by atoms with Crippen LogP contribution in [0.25, 0.3) is 0 Å². The van der Waals surface area contributed by atoms with Gasteiger partial charge in [-0.15, -0.1) is 0 Å². The predicted octanol–water partition coefficient (Wildman–Crippen LogP) is 3.52. The van der Waals surface area contributed by atoms with Gasteiger partial charge in [-0.1, -0.05) is 12.1 Å². The summed E-state index contributed by atoms with van der Waals surface area (Å²) in [4.78, 5) is 13.8. The maximum atomic E-state index is 11.8. The van der Waals surface area contributed by atoms with Gasteiger partial charge in [-0.3, -0.25) is 0 Å². The van der Waals surface area contributed by atoms with Crippen molar-refractivity contribution in [2.45, 2.75) is 13.8 Å². The number of anilines is 3. The van der Waals surface area contributed by atoms with Crippen LogP contribution in [-0.2, 0) is 4.74 Å². The Morgan fingerprint density at radius 3 is 2.67 bits per heavy atom. The molecule has 2 N–H and O–H groups in total. The number of carbonyl (C=O) groups excluding carboxylic acids is 1. The molecule has 0 aliphatic rings. The lowest BCUT2D eigenvalue weighted by molar-refractivity contribution is 0.0526. The summed E-state index contributed by atoms with van der Waals surface area (Å²) < 4.78 is 5.03. The first-order valence-corrected chi connectivity index (χ1v) is 6.90. The first-order valence-electron chi connectivity index (χ1n) is 6.90. The van der Waals surface area contributed by atoms with Crippen LogP contribution in [-0.4, -0.2) is 19.6 Å². The van der Waals surface area contributed by atoms with Gasteiger partial charge in [0.05, 0.1) is 23.5 Å². The molecule has 2 rings (SSSR count). The quantitative estimate of drug-likeness (QED) is 0.689. The van der Waals surface area contributed by atoms with E-state index in [-0.39, 0.29) is 5.97 Å². The number of ether oxygens (including phenoxy) is 1. The topological polar surface area (TPSA) is 55.6 Å². The van der Waals surface area contributed by atoms with Crippen LogP contribution in [0.4, 0.5) is 17.1 Å². The van der Waals surface area contributed by atoms with Crippen molar-refractivity contribution < 1.29 is 9.53 Å². The van der Waals surface area contributed by atoms with E-state index in [1.54, 1.807) is 25.1 Å². The number of nitrogen functional groups attached to an aromatic ring is 1. The van der Waals surface area contributed by atoms with Gasteiger partial charge in [-0.25, -0.2) is 4.79 Å². The largest absolute Gasteiger partial charge is 0.462 e. The lowest BCUT2D eigenvalue weighted by atomic mass is 10.1. The number of esters is 1. The van der Waals surface area contributed by atoms with E-state index in [4.69, 9.17) is 10.5 Å². The van der Waals surface area contributed by atoms with Crippen molar-refractivity contribution in [2.24, 2.45) is 0 Å². The normalized spacial score (nSPS) is 10.2. The minimum atomic E-state index is -0.337. The Kier molecular flexibility index (Phi) is 4.48. The number of hydrogen-bond acceptors (Lipinski definition) is 4. The molecule has 0 amide bonds. The number of benzene rings is 2.